The number of ether oxygens (including phenoxy) is 2. The Bertz CT molecular complexity index is 288. The van der Waals surface area contributed by atoms with E-state index in [1.807, 2.05) is 4.31 Å². The van der Waals surface area contributed by atoms with E-state index in [0.717, 1.165) is 26.3 Å². The lowest BCUT2D eigenvalue weighted by Crippen LogP contribution is -2.24. The maximum atomic E-state index is 10.7. The molecule has 6 nitrogen and oxygen atoms in total. The third-order valence-corrected chi connectivity index (χ3v) is 2.43. The molecule has 0 saturated carbocycles. The number of rotatable bonds is 6. The van der Waals surface area contributed by atoms with Gasteiger partial charge in [0, 0.05) is 27.0 Å². The van der Waals surface area contributed by atoms with Crippen LogP contribution in [0.5, 0.6) is 0 Å². The van der Waals surface area contributed by atoms with Gasteiger partial charge in [0.1, 0.15) is 0 Å². The van der Waals surface area contributed by atoms with E-state index in [9.17, 15) is 13.2 Å². The molecule has 0 unspecified atom stereocenters. The Hall–Kier alpha value is -0.0700. The van der Waals surface area contributed by atoms with Crippen molar-refractivity contribution in [2.24, 2.45) is 0 Å². The molecule has 0 rings (SSSR count). The highest BCUT2D eigenvalue weighted by Crippen LogP contribution is 2.20. The van der Waals surface area contributed by atoms with Gasteiger partial charge in [-0.25, -0.2) is 8.42 Å². The van der Waals surface area contributed by atoms with Gasteiger partial charge in [-0.1, -0.05) is 0 Å². The minimum absolute atomic E-state index is 0.743. The predicted molar refractivity (Wildman–Crippen MR) is 61.2 cm³/mol. The summed E-state index contributed by atoms with van der Waals surface area (Å²) < 4.78 is 70.6. The van der Waals surface area contributed by atoms with Crippen LogP contribution in [0.3, 0.4) is 0 Å². The van der Waals surface area contributed by atoms with Crippen molar-refractivity contribution >= 4 is 22.9 Å². The summed E-state index contributed by atoms with van der Waals surface area (Å²) in [7, 11) is -2.71. The topological polar surface area (TPSA) is 78.9 Å². The molecule has 0 atom stereocenters. The lowest BCUT2D eigenvalue weighted by atomic mass is 10.6. The van der Waals surface area contributed by atoms with Crippen molar-refractivity contribution < 1.29 is 35.6 Å². The summed E-state index contributed by atoms with van der Waals surface area (Å²) in [6, 6.07) is 0. The number of halogens is 3. The Morgan fingerprint density at radius 2 is 1.44 bits per heavy atom. The molecule has 0 aliphatic heterocycles. The van der Waals surface area contributed by atoms with Crippen molar-refractivity contribution in [2.75, 3.05) is 40.5 Å². The number of hydrogen-bond donors (Lipinski definition) is 0. The number of methoxy groups -OCH3 is 2. The summed E-state index contributed by atoms with van der Waals surface area (Å²) in [6.45, 7) is 3.26. The molecule has 0 bridgehead atoms. The van der Waals surface area contributed by atoms with Crippen LogP contribution in [-0.4, -0.2) is 63.3 Å². The van der Waals surface area contributed by atoms with Gasteiger partial charge in [-0.3, -0.25) is 0 Å². The SMILES string of the molecule is COCCN([SH2+])CCOC.O=S(=O)([O-])C(F)(F)F. The van der Waals surface area contributed by atoms with E-state index in [-0.39, 0.29) is 0 Å². The fourth-order valence-electron chi connectivity index (χ4n) is 0.515. The van der Waals surface area contributed by atoms with Crippen molar-refractivity contribution in [3.8, 4) is 0 Å². The van der Waals surface area contributed by atoms with Gasteiger partial charge in [0.15, 0.2) is 10.1 Å². The number of nitrogens with zero attached hydrogens (tertiary/aromatic N) is 1. The number of hydrogen-bond acceptors (Lipinski definition) is 6. The minimum atomic E-state index is -6.09. The summed E-state index contributed by atoms with van der Waals surface area (Å²) in [5.74, 6) is 0. The second kappa shape index (κ2) is 9.81. The Balaban J connectivity index is 0. The van der Waals surface area contributed by atoms with Crippen LogP contribution in [0, 0.1) is 0 Å². The lowest BCUT2D eigenvalue weighted by molar-refractivity contribution is -0.0517. The third kappa shape index (κ3) is 12.4. The molecule has 0 aromatic rings. The van der Waals surface area contributed by atoms with Gasteiger partial charge in [-0.05, 0) is 0 Å². The van der Waals surface area contributed by atoms with Crippen molar-refractivity contribution in [1.29, 1.82) is 0 Å². The van der Waals surface area contributed by atoms with E-state index < -0.39 is 15.6 Å². The Kier molecular flexibility index (Phi) is 11.0. The monoisotopic (exact) mass is 315 g/mol. The zero-order valence-corrected chi connectivity index (χ0v) is 11.7. The Morgan fingerprint density at radius 1 is 1.17 bits per heavy atom. The van der Waals surface area contributed by atoms with Crippen molar-refractivity contribution in [2.45, 2.75) is 5.51 Å². The summed E-state index contributed by atoms with van der Waals surface area (Å²) in [5, 5.41) is 0. The normalized spacial score (nSPS) is 12.2. The van der Waals surface area contributed by atoms with Crippen LogP contribution < -0.4 is 0 Å². The molecular weight excluding hydrogens is 299 g/mol. The van der Waals surface area contributed by atoms with Gasteiger partial charge >= 0.3 is 5.51 Å². The summed E-state index contributed by atoms with van der Waals surface area (Å²) in [5.41, 5.74) is -5.65. The van der Waals surface area contributed by atoms with E-state index in [0.29, 0.717) is 0 Å². The summed E-state index contributed by atoms with van der Waals surface area (Å²) >= 11 is 3.40. The largest absolute Gasteiger partial charge is 0.741 e. The maximum absolute atomic E-state index is 10.7. The molecule has 0 aromatic heterocycles. The first-order chi connectivity index (χ1) is 8.06. The van der Waals surface area contributed by atoms with E-state index >= 15 is 0 Å². The summed E-state index contributed by atoms with van der Waals surface area (Å²) in [6.07, 6.45) is 0. The zero-order chi connectivity index (χ0) is 14.8. The molecule has 112 valence electrons. The van der Waals surface area contributed by atoms with Gasteiger partial charge in [-0.15, -0.1) is 4.31 Å². The molecule has 0 radical (unpaired) electrons. The second-order valence-electron chi connectivity index (χ2n) is 2.87. The molecule has 0 spiro atoms. The first kappa shape index (κ1) is 20.3. The van der Waals surface area contributed by atoms with Crippen LogP contribution in [0.1, 0.15) is 0 Å². The van der Waals surface area contributed by atoms with Crippen LogP contribution in [0.4, 0.5) is 13.2 Å². The maximum Gasteiger partial charge on any atom is 0.485 e. The first-order valence-electron chi connectivity index (χ1n) is 4.52. The molecular formula is C7H16F3NO5S2. The summed E-state index contributed by atoms with van der Waals surface area (Å²) in [4.78, 5) is 0. The van der Waals surface area contributed by atoms with E-state index in [4.69, 9.17) is 22.4 Å². The predicted octanol–water partition coefficient (Wildman–Crippen LogP) is -0.441. The molecule has 0 N–H and O–H groups in total. The van der Waals surface area contributed by atoms with Gasteiger partial charge in [0.2, 0.25) is 0 Å². The molecule has 0 amide bonds. The Labute approximate surface area is 109 Å². The highest BCUT2D eigenvalue weighted by atomic mass is 32.2. The molecule has 18 heavy (non-hydrogen) atoms. The first-order valence-corrected chi connectivity index (χ1v) is 6.38. The van der Waals surface area contributed by atoms with Gasteiger partial charge in [-0.2, -0.15) is 13.2 Å². The fourth-order valence-corrected chi connectivity index (χ4v) is 0.697. The smallest absolute Gasteiger partial charge is 0.485 e. The van der Waals surface area contributed by atoms with Gasteiger partial charge in [0.25, 0.3) is 0 Å². The quantitative estimate of drug-likeness (QED) is 0.376. The molecule has 0 aromatic carbocycles. The highest BCUT2D eigenvalue weighted by molar-refractivity contribution is 7.86. The van der Waals surface area contributed by atoms with Gasteiger partial charge < -0.3 is 14.0 Å². The van der Waals surface area contributed by atoms with Crippen LogP contribution in [0.2, 0.25) is 0 Å². The highest BCUT2D eigenvalue weighted by Gasteiger charge is 2.36. The zero-order valence-electron chi connectivity index (χ0n) is 9.86. The minimum Gasteiger partial charge on any atom is -0.741 e. The standard InChI is InChI=1S/C6H15NO2S.CHF3O3S/c1-8-5-3-7(10)4-6-9-2;2-1(3,4)8(5,6)7/h10H,3-6H2,1-2H3;(H,5,6,7). The van der Waals surface area contributed by atoms with Crippen LogP contribution in [-0.2, 0) is 32.4 Å². The van der Waals surface area contributed by atoms with E-state index in [1.54, 1.807) is 14.2 Å². The van der Waals surface area contributed by atoms with Crippen molar-refractivity contribution in [3.05, 3.63) is 0 Å². The molecule has 0 fully saturated rings. The lowest BCUT2D eigenvalue weighted by Gasteiger charge is -2.08. The number of alkyl halides is 3. The van der Waals surface area contributed by atoms with Crippen LogP contribution >= 0.6 is 0 Å². The van der Waals surface area contributed by atoms with E-state index in [2.05, 4.69) is 12.8 Å². The fraction of sp³-hybridized carbons (Fsp3) is 1.00. The Morgan fingerprint density at radius 3 is 1.61 bits per heavy atom. The average Bonchev–Trinajstić information content (AvgIpc) is 2.21. The molecule has 0 aliphatic carbocycles. The van der Waals surface area contributed by atoms with Crippen molar-refractivity contribution in [3.63, 3.8) is 0 Å². The van der Waals surface area contributed by atoms with Crippen LogP contribution in [0.25, 0.3) is 0 Å². The third-order valence-electron chi connectivity index (χ3n) is 1.41. The molecule has 11 heteroatoms. The van der Waals surface area contributed by atoms with Crippen molar-refractivity contribution in [1.82, 2.24) is 4.31 Å². The van der Waals surface area contributed by atoms with Gasteiger partial charge in [0.05, 0.1) is 26.3 Å². The second-order valence-corrected chi connectivity index (χ2v) is 4.88. The molecule has 0 aliphatic rings. The van der Waals surface area contributed by atoms with E-state index in [1.165, 1.54) is 0 Å². The average molecular weight is 315 g/mol. The van der Waals surface area contributed by atoms with Crippen LogP contribution in [0.15, 0.2) is 0 Å². The molecule has 0 saturated heterocycles. The molecule has 0 heterocycles.